The average Bonchev–Trinajstić information content (AvgIpc) is 2.46. The summed E-state index contributed by atoms with van der Waals surface area (Å²) < 4.78 is 0.965. The van der Waals surface area contributed by atoms with Gasteiger partial charge >= 0.3 is 0 Å². The Morgan fingerprint density at radius 3 is 1.81 bits per heavy atom. The molecule has 0 aliphatic heterocycles. The number of rotatable bonds is 4. The van der Waals surface area contributed by atoms with Crippen molar-refractivity contribution < 1.29 is 4.79 Å². The van der Waals surface area contributed by atoms with Crippen molar-refractivity contribution in [1.29, 1.82) is 0 Å². The molecule has 0 aromatic heterocycles. The van der Waals surface area contributed by atoms with Crippen molar-refractivity contribution in [1.82, 2.24) is 0 Å². The van der Waals surface area contributed by atoms with Crippen molar-refractivity contribution in [3.8, 4) is 0 Å². The lowest BCUT2D eigenvalue weighted by Gasteiger charge is -2.16. The van der Waals surface area contributed by atoms with Gasteiger partial charge in [-0.3, -0.25) is 4.79 Å². The lowest BCUT2D eigenvalue weighted by Crippen LogP contribution is -2.16. The fraction of sp³-hybridized carbons (Fsp3) is 0.235. The third-order valence-corrected chi connectivity index (χ3v) is 3.91. The Hall–Kier alpha value is -1.16. The predicted octanol–water partition coefficient (Wildman–Crippen LogP) is 4.76. The van der Waals surface area contributed by atoms with Gasteiger partial charge in [-0.1, -0.05) is 54.0 Å². The molecule has 2 aromatic carbocycles. The van der Waals surface area contributed by atoms with Crippen LogP contribution < -0.4 is 5.73 Å². The monoisotopic (exact) mass is 367 g/mol. The third-order valence-electron chi connectivity index (χ3n) is 3.38. The summed E-state index contributed by atoms with van der Waals surface area (Å²) in [5.74, 6) is 0.408. The van der Waals surface area contributed by atoms with Crippen LogP contribution in [0.25, 0.3) is 0 Å². The molecule has 0 saturated heterocycles. The smallest absolute Gasteiger partial charge is 0.193 e. The number of hydrogen-bond acceptors (Lipinski definition) is 2. The summed E-state index contributed by atoms with van der Waals surface area (Å²) in [7, 11) is 0. The molecular formula is C17H19BrClNO. The zero-order valence-corrected chi connectivity index (χ0v) is 14.4. The summed E-state index contributed by atoms with van der Waals surface area (Å²) in [6.07, 6.45) is 0. The van der Waals surface area contributed by atoms with Crippen LogP contribution in [0.15, 0.2) is 53.0 Å². The first-order valence-electron chi connectivity index (χ1n) is 6.65. The minimum Gasteiger partial charge on any atom is -0.324 e. The predicted molar refractivity (Wildman–Crippen MR) is 93.0 cm³/mol. The highest BCUT2D eigenvalue weighted by molar-refractivity contribution is 9.10. The zero-order chi connectivity index (χ0) is 14.7. The van der Waals surface area contributed by atoms with E-state index in [9.17, 15) is 4.79 Å². The molecule has 21 heavy (non-hydrogen) atoms. The molecule has 0 aliphatic rings. The van der Waals surface area contributed by atoms with Gasteiger partial charge in [0.05, 0.1) is 0 Å². The van der Waals surface area contributed by atoms with Gasteiger partial charge in [-0.15, -0.1) is 12.4 Å². The molecular weight excluding hydrogens is 350 g/mol. The highest BCUT2D eigenvalue weighted by atomic mass is 79.9. The fourth-order valence-corrected chi connectivity index (χ4v) is 2.27. The quantitative estimate of drug-likeness (QED) is 0.791. The summed E-state index contributed by atoms with van der Waals surface area (Å²) in [4.78, 5) is 12.3. The molecule has 0 amide bonds. The van der Waals surface area contributed by atoms with Crippen LogP contribution in [-0.4, -0.2) is 5.78 Å². The number of hydrogen-bond donors (Lipinski definition) is 1. The van der Waals surface area contributed by atoms with Crippen molar-refractivity contribution in [3.05, 3.63) is 69.7 Å². The van der Waals surface area contributed by atoms with Crippen LogP contribution in [0.5, 0.6) is 0 Å². The number of benzene rings is 2. The Bertz CT molecular complexity index is 593. The Balaban J connectivity index is 0.00000220. The maximum absolute atomic E-state index is 12.3. The summed E-state index contributed by atoms with van der Waals surface area (Å²) in [6.45, 7) is 4.18. The molecule has 0 saturated carbocycles. The lowest BCUT2D eigenvalue weighted by atomic mass is 9.95. The Labute approximate surface area is 140 Å². The Kier molecular flexibility index (Phi) is 6.59. The minimum atomic E-state index is 0. The molecule has 0 spiro atoms. The van der Waals surface area contributed by atoms with E-state index in [2.05, 4.69) is 29.8 Å². The Morgan fingerprint density at radius 2 is 1.38 bits per heavy atom. The maximum Gasteiger partial charge on any atom is 0.193 e. The van der Waals surface area contributed by atoms with E-state index in [1.54, 1.807) is 0 Å². The normalized spacial score (nSPS) is 11.9. The number of carbonyl (C=O) groups excluding carboxylic acids is 1. The Morgan fingerprint density at radius 1 is 0.952 bits per heavy atom. The zero-order valence-electron chi connectivity index (χ0n) is 12.0. The maximum atomic E-state index is 12.3. The number of halogens is 2. The lowest BCUT2D eigenvalue weighted by molar-refractivity contribution is 0.103. The number of ketones is 1. The first kappa shape index (κ1) is 17.9. The molecule has 2 N–H and O–H groups in total. The second-order valence-corrected chi connectivity index (χ2v) is 6.14. The van der Waals surface area contributed by atoms with Gasteiger partial charge < -0.3 is 5.73 Å². The summed E-state index contributed by atoms with van der Waals surface area (Å²) in [6, 6.07) is 15.0. The standard InChI is InChI=1S/C17H18BrNO.ClH/c1-11(2)16(19)12-3-5-13(6-4-12)17(20)14-7-9-15(18)10-8-14;/h3-11,16H,19H2,1-2H3;1H/t16-;/m0./s1. The van der Waals surface area contributed by atoms with Gasteiger partial charge in [-0.25, -0.2) is 0 Å². The van der Waals surface area contributed by atoms with Gasteiger partial charge in [-0.05, 0) is 35.7 Å². The molecule has 0 bridgehead atoms. The summed E-state index contributed by atoms with van der Waals surface area (Å²) in [5, 5.41) is 0. The van der Waals surface area contributed by atoms with Crippen molar-refractivity contribution in [2.24, 2.45) is 11.7 Å². The summed E-state index contributed by atoms with van der Waals surface area (Å²) >= 11 is 3.36. The molecule has 2 rings (SSSR count). The first-order chi connectivity index (χ1) is 9.49. The van der Waals surface area contributed by atoms with Crippen LogP contribution in [0, 0.1) is 5.92 Å². The van der Waals surface area contributed by atoms with Crippen molar-refractivity contribution in [3.63, 3.8) is 0 Å². The van der Waals surface area contributed by atoms with Crippen LogP contribution >= 0.6 is 28.3 Å². The fourth-order valence-electron chi connectivity index (χ4n) is 2.01. The van der Waals surface area contributed by atoms with Crippen LogP contribution in [0.2, 0.25) is 0 Å². The molecule has 0 fully saturated rings. The SMILES string of the molecule is CC(C)[C@H](N)c1ccc(C(=O)c2ccc(Br)cc2)cc1.Cl. The van der Waals surface area contributed by atoms with E-state index in [-0.39, 0.29) is 24.2 Å². The van der Waals surface area contributed by atoms with Gasteiger partial charge in [-0.2, -0.15) is 0 Å². The first-order valence-corrected chi connectivity index (χ1v) is 7.44. The van der Waals surface area contributed by atoms with Crippen LogP contribution in [0.3, 0.4) is 0 Å². The van der Waals surface area contributed by atoms with Gasteiger partial charge in [0, 0.05) is 21.6 Å². The highest BCUT2D eigenvalue weighted by Crippen LogP contribution is 2.20. The molecule has 112 valence electrons. The van der Waals surface area contributed by atoms with Crippen molar-refractivity contribution in [2.75, 3.05) is 0 Å². The minimum absolute atomic E-state index is 0. The highest BCUT2D eigenvalue weighted by Gasteiger charge is 2.12. The van der Waals surface area contributed by atoms with Crippen molar-refractivity contribution in [2.45, 2.75) is 19.9 Å². The van der Waals surface area contributed by atoms with E-state index >= 15 is 0 Å². The van der Waals surface area contributed by atoms with E-state index in [0.29, 0.717) is 17.0 Å². The van der Waals surface area contributed by atoms with Crippen LogP contribution in [-0.2, 0) is 0 Å². The third kappa shape index (κ3) is 4.40. The number of carbonyl (C=O) groups is 1. The van der Waals surface area contributed by atoms with Crippen LogP contribution in [0.1, 0.15) is 41.4 Å². The second-order valence-electron chi connectivity index (χ2n) is 5.23. The van der Waals surface area contributed by atoms with Gasteiger partial charge in [0.1, 0.15) is 0 Å². The molecule has 0 heterocycles. The molecule has 4 heteroatoms. The van der Waals surface area contributed by atoms with Gasteiger partial charge in [0.25, 0.3) is 0 Å². The van der Waals surface area contributed by atoms with Crippen LogP contribution in [0.4, 0.5) is 0 Å². The van der Waals surface area contributed by atoms with E-state index in [0.717, 1.165) is 10.0 Å². The van der Waals surface area contributed by atoms with E-state index in [1.165, 1.54) is 0 Å². The van der Waals surface area contributed by atoms with E-state index in [1.807, 2.05) is 48.5 Å². The second kappa shape index (κ2) is 7.74. The largest absolute Gasteiger partial charge is 0.324 e. The van der Waals surface area contributed by atoms with Gasteiger partial charge in [0.2, 0.25) is 0 Å². The van der Waals surface area contributed by atoms with E-state index < -0.39 is 0 Å². The van der Waals surface area contributed by atoms with Crippen molar-refractivity contribution >= 4 is 34.1 Å². The molecule has 0 radical (unpaired) electrons. The topological polar surface area (TPSA) is 43.1 Å². The van der Waals surface area contributed by atoms with Gasteiger partial charge in [0.15, 0.2) is 5.78 Å². The molecule has 2 aromatic rings. The average molecular weight is 369 g/mol. The molecule has 1 atom stereocenters. The molecule has 0 unspecified atom stereocenters. The molecule has 2 nitrogen and oxygen atoms in total. The molecule has 0 aliphatic carbocycles. The van der Waals surface area contributed by atoms with E-state index in [4.69, 9.17) is 5.73 Å². The number of nitrogens with two attached hydrogens (primary N) is 1. The summed E-state index contributed by atoms with van der Waals surface area (Å²) in [5.41, 5.74) is 8.54.